The SMILES string of the molecule is O=C1CCC(N2C(=O)c3ccc(CCC(=O)c4ccc5ccccc5n4)cc3C2=O)C(=O)N1. The van der Waals surface area contributed by atoms with E-state index in [0.717, 1.165) is 21.4 Å². The van der Waals surface area contributed by atoms with E-state index in [0.29, 0.717) is 12.1 Å². The minimum Gasteiger partial charge on any atom is -0.295 e. The fourth-order valence-corrected chi connectivity index (χ4v) is 4.28. The molecule has 0 radical (unpaired) electrons. The average Bonchev–Trinajstić information content (AvgIpc) is 3.07. The molecule has 8 nitrogen and oxygen atoms in total. The second-order valence-corrected chi connectivity index (χ2v) is 8.14. The van der Waals surface area contributed by atoms with Crippen LogP contribution in [0, 0.1) is 0 Å². The molecular weight excluding hydrogens is 422 g/mol. The Morgan fingerprint density at radius 3 is 2.58 bits per heavy atom. The van der Waals surface area contributed by atoms with Crippen molar-refractivity contribution in [1.82, 2.24) is 15.2 Å². The first-order valence-corrected chi connectivity index (χ1v) is 10.7. The third-order valence-electron chi connectivity index (χ3n) is 6.03. The molecule has 164 valence electrons. The molecule has 1 atom stereocenters. The molecule has 2 aliphatic rings. The summed E-state index contributed by atoms with van der Waals surface area (Å²) in [6.45, 7) is 0. The van der Waals surface area contributed by atoms with Crippen molar-refractivity contribution in [2.24, 2.45) is 0 Å². The largest absolute Gasteiger partial charge is 0.295 e. The number of carbonyl (C=O) groups excluding carboxylic acids is 5. The second-order valence-electron chi connectivity index (χ2n) is 8.14. The van der Waals surface area contributed by atoms with Crippen molar-refractivity contribution in [2.75, 3.05) is 0 Å². The predicted octanol–water partition coefficient (Wildman–Crippen LogP) is 2.45. The number of nitrogens with one attached hydrogen (secondary N) is 1. The number of rotatable bonds is 5. The Balaban J connectivity index is 1.31. The van der Waals surface area contributed by atoms with Crippen LogP contribution in [-0.2, 0) is 16.0 Å². The second kappa shape index (κ2) is 8.05. The Hall–Kier alpha value is -4.20. The lowest BCUT2D eigenvalue weighted by Gasteiger charge is -2.27. The number of Topliss-reactive ketones (excluding diaryl/α,β-unsaturated/α-hetero) is 1. The molecule has 8 heteroatoms. The first-order chi connectivity index (χ1) is 15.9. The predicted molar refractivity (Wildman–Crippen MR) is 118 cm³/mol. The Bertz CT molecular complexity index is 1360. The molecule has 1 aromatic heterocycles. The van der Waals surface area contributed by atoms with E-state index in [4.69, 9.17) is 0 Å². The molecule has 1 saturated heterocycles. The number of aryl methyl sites for hydroxylation is 1. The van der Waals surface area contributed by atoms with E-state index < -0.39 is 29.7 Å². The van der Waals surface area contributed by atoms with Gasteiger partial charge >= 0.3 is 0 Å². The van der Waals surface area contributed by atoms with E-state index in [9.17, 15) is 24.0 Å². The zero-order chi connectivity index (χ0) is 23.1. The number of pyridine rings is 1. The molecule has 1 fully saturated rings. The Morgan fingerprint density at radius 1 is 0.970 bits per heavy atom. The number of ketones is 1. The summed E-state index contributed by atoms with van der Waals surface area (Å²) in [7, 11) is 0. The molecule has 2 aliphatic heterocycles. The number of benzene rings is 2. The van der Waals surface area contributed by atoms with Crippen molar-refractivity contribution in [3.05, 3.63) is 77.0 Å². The number of nitrogens with zero attached hydrogens (tertiary/aromatic N) is 2. The zero-order valence-electron chi connectivity index (χ0n) is 17.5. The molecule has 1 unspecified atom stereocenters. The van der Waals surface area contributed by atoms with Gasteiger partial charge in [-0.25, -0.2) is 4.98 Å². The normalized spacial score (nSPS) is 17.9. The molecule has 4 amide bonds. The Labute approximate surface area is 188 Å². The van der Waals surface area contributed by atoms with E-state index in [1.807, 2.05) is 30.3 Å². The maximum atomic E-state index is 12.9. The van der Waals surface area contributed by atoms with E-state index in [1.54, 1.807) is 24.3 Å². The number of para-hydroxylation sites is 1. The number of amides is 4. The summed E-state index contributed by atoms with van der Waals surface area (Å²) in [6.07, 6.45) is 0.750. The van der Waals surface area contributed by atoms with Gasteiger partial charge in [0, 0.05) is 18.2 Å². The summed E-state index contributed by atoms with van der Waals surface area (Å²) >= 11 is 0. The van der Waals surface area contributed by atoms with Gasteiger partial charge in [-0.3, -0.25) is 34.2 Å². The van der Waals surface area contributed by atoms with Crippen LogP contribution in [0.4, 0.5) is 0 Å². The highest BCUT2D eigenvalue weighted by molar-refractivity contribution is 6.23. The van der Waals surface area contributed by atoms with Crippen LogP contribution in [0.5, 0.6) is 0 Å². The molecule has 2 aromatic carbocycles. The van der Waals surface area contributed by atoms with Gasteiger partial charge in [0.1, 0.15) is 11.7 Å². The smallest absolute Gasteiger partial charge is 0.262 e. The van der Waals surface area contributed by atoms with Crippen LogP contribution in [0.1, 0.15) is 56.0 Å². The van der Waals surface area contributed by atoms with E-state index in [2.05, 4.69) is 10.3 Å². The molecule has 3 heterocycles. The quantitative estimate of drug-likeness (QED) is 0.481. The number of hydrogen-bond donors (Lipinski definition) is 1. The summed E-state index contributed by atoms with van der Waals surface area (Å²) in [5, 5.41) is 3.13. The van der Waals surface area contributed by atoms with Crippen molar-refractivity contribution in [1.29, 1.82) is 0 Å². The van der Waals surface area contributed by atoms with Gasteiger partial charge in [0.15, 0.2) is 5.78 Å². The lowest BCUT2D eigenvalue weighted by molar-refractivity contribution is -0.136. The third-order valence-corrected chi connectivity index (χ3v) is 6.03. The fourth-order valence-electron chi connectivity index (χ4n) is 4.28. The third kappa shape index (κ3) is 3.69. The standard InChI is InChI=1S/C25H19N3O5/c29-21(19-9-7-15-3-1-2-4-18(15)26-19)11-6-14-5-8-16-17(13-14)25(33)28(24(16)32)20-10-12-22(30)27-23(20)31/h1-5,7-9,13,20H,6,10-12H2,(H,27,30,31). The number of aromatic nitrogens is 1. The molecular formula is C25H19N3O5. The summed E-state index contributed by atoms with van der Waals surface area (Å²) in [5.74, 6) is -2.29. The van der Waals surface area contributed by atoms with E-state index in [1.165, 1.54) is 0 Å². The number of piperidine rings is 1. The first-order valence-electron chi connectivity index (χ1n) is 10.7. The van der Waals surface area contributed by atoms with Gasteiger partial charge in [-0.1, -0.05) is 30.3 Å². The van der Waals surface area contributed by atoms with Gasteiger partial charge in [0.2, 0.25) is 11.8 Å². The number of carbonyl (C=O) groups is 5. The van der Waals surface area contributed by atoms with E-state index >= 15 is 0 Å². The van der Waals surface area contributed by atoms with Crippen LogP contribution >= 0.6 is 0 Å². The number of imide groups is 2. The Kier molecular flexibility index (Phi) is 5.05. The summed E-state index contributed by atoms with van der Waals surface area (Å²) in [5.41, 5.74) is 2.28. The minimum absolute atomic E-state index is 0.0694. The van der Waals surface area contributed by atoms with Crippen molar-refractivity contribution in [2.45, 2.75) is 31.7 Å². The van der Waals surface area contributed by atoms with Crippen LogP contribution in [0.15, 0.2) is 54.6 Å². The highest BCUT2D eigenvalue weighted by atomic mass is 16.2. The topological polar surface area (TPSA) is 114 Å². The van der Waals surface area contributed by atoms with Crippen LogP contribution in [0.3, 0.4) is 0 Å². The highest BCUT2D eigenvalue weighted by Gasteiger charge is 2.44. The Morgan fingerprint density at radius 2 is 1.76 bits per heavy atom. The summed E-state index contributed by atoms with van der Waals surface area (Å²) < 4.78 is 0. The maximum absolute atomic E-state index is 12.9. The monoisotopic (exact) mass is 441 g/mol. The van der Waals surface area contributed by atoms with Crippen molar-refractivity contribution >= 4 is 40.3 Å². The molecule has 0 spiro atoms. The highest BCUT2D eigenvalue weighted by Crippen LogP contribution is 2.28. The van der Waals surface area contributed by atoms with Gasteiger partial charge in [-0.2, -0.15) is 0 Å². The number of hydrogen-bond acceptors (Lipinski definition) is 6. The maximum Gasteiger partial charge on any atom is 0.262 e. The molecule has 0 saturated carbocycles. The summed E-state index contributed by atoms with van der Waals surface area (Å²) in [4.78, 5) is 67.3. The fraction of sp³-hybridized carbons (Fsp3) is 0.200. The zero-order valence-corrected chi connectivity index (χ0v) is 17.5. The molecule has 3 aromatic rings. The molecule has 1 N–H and O–H groups in total. The van der Waals surface area contributed by atoms with E-state index in [-0.39, 0.29) is 36.2 Å². The van der Waals surface area contributed by atoms with Gasteiger partial charge in [0.05, 0.1) is 16.6 Å². The van der Waals surface area contributed by atoms with Gasteiger partial charge in [0.25, 0.3) is 11.8 Å². The van der Waals surface area contributed by atoms with Gasteiger partial charge in [-0.15, -0.1) is 0 Å². The lowest BCUT2D eigenvalue weighted by Crippen LogP contribution is -2.54. The van der Waals surface area contributed by atoms with Gasteiger partial charge < -0.3 is 0 Å². The van der Waals surface area contributed by atoms with Crippen LogP contribution in [-0.4, -0.2) is 45.3 Å². The molecule has 5 rings (SSSR count). The molecule has 0 bridgehead atoms. The lowest BCUT2D eigenvalue weighted by atomic mass is 10.0. The van der Waals surface area contributed by atoms with Crippen LogP contribution in [0.2, 0.25) is 0 Å². The van der Waals surface area contributed by atoms with Crippen molar-refractivity contribution < 1.29 is 24.0 Å². The van der Waals surface area contributed by atoms with Crippen LogP contribution in [0.25, 0.3) is 10.9 Å². The molecule has 33 heavy (non-hydrogen) atoms. The summed E-state index contributed by atoms with van der Waals surface area (Å²) in [6, 6.07) is 15.0. The minimum atomic E-state index is -1.00. The average molecular weight is 441 g/mol. The number of fused-ring (bicyclic) bond motifs is 2. The van der Waals surface area contributed by atoms with Gasteiger partial charge in [-0.05, 0) is 42.7 Å². The van der Waals surface area contributed by atoms with Crippen molar-refractivity contribution in [3.63, 3.8) is 0 Å². The molecule has 0 aliphatic carbocycles. The van der Waals surface area contributed by atoms with Crippen molar-refractivity contribution in [3.8, 4) is 0 Å². The van der Waals surface area contributed by atoms with Crippen LogP contribution < -0.4 is 5.32 Å². The first kappa shape index (κ1) is 20.7.